The van der Waals surface area contributed by atoms with Crippen LogP contribution in [0.2, 0.25) is 0 Å². The molecule has 0 aliphatic heterocycles. The molecule has 0 aromatic carbocycles. The maximum absolute atomic E-state index is 11.8. The molecule has 9 heteroatoms. The molecule has 0 fully saturated rings. The molecule has 1 atom stereocenters. The number of carboxylic acids is 1. The van der Waals surface area contributed by atoms with E-state index in [0.717, 1.165) is 13.1 Å². The number of hydrogen-bond donors (Lipinski definition) is 3. The Hall–Kier alpha value is -1.03. The number of aliphatic carboxylic acids is 1. The van der Waals surface area contributed by atoms with Crippen LogP contribution in [0.5, 0.6) is 0 Å². The van der Waals surface area contributed by atoms with E-state index in [4.69, 9.17) is 5.11 Å². The number of pyridine rings is 1. The van der Waals surface area contributed by atoms with Gasteiger partial charge in [-0.3, -0.25) is 4.98 Å². The van der Waals surface area contributed by atoms with Gasteiger partial charge < -0.3 is 10.2 Å². The summed E-state index contributed by atoms with van der Waals surface area (Å²) in [6.07, 6.45) is 2.52. The molecule has 18 heavy (non-hydrogen) atoms. The van der Waals surface area contributed by atoms with E-state index in [1.165, 1.54) is 12.3 Å². The summed E-state index contributed by atoms with van der Waals surface area (Å²) in [5, 5.41) is 18.1. The van der Waals surface area contributed by atoms with Crippen LogP contribution in [0, 0.1) is 0 Å². The summed E-state index contributed by atoms with van der Waals surface area (Å²) < 4.78 is 26.0. The predicted octanol–water partition coefficient (Wildman–Crippen LogP) is -0.0420. The number of nitrogens with zero attached hydrogens (tertiary/aromatic N) is 1. The van der Waals surface area contributed by atoms with Crippen molar-refractivity contribution in [3.8, 4) is 0 Å². The number of nitrogens with one attached hydrogen (secondary N) is 1. The van der Waals surface area contributed by atoms with Gasteiger partial charge in [0.1, 0.15) is 4.90 Å². The lowest BCUT2D eigenvalue weighted by Crippen LogP contribution is -2.46. The van der Waals surface area contributed by atoms with Gasteiger partial charge in [-0.2, -0.15) is 0 Å². The van der Waals surface area contributed by atoms with Crippen LogP contribution >= 0.6 is 15.9 Å². The van der Waals surface area contributed by atoms with E-state index in [1.807, 2.05) is 4.72 Å². The Bertz CT molecular complexity index is 558. The van der Waals surface area contributed by atoms with Crippen molar-refractivity contribution in [1.82, 2.24) is 9.71 Å². The minimum absolute atomic E-state index is 0.127. The molecule has 0 radical (unpaired) electrons. The third-order valence-electron chi connectivity index (χ3n) is 2.06. The Morgan fingerprint density at radius 2 is 2.17 bits per heavy atom. The molecule has 0 aliphatic carbocycles. The maximum Gasteiger partial charge on any atom is 0.336 e. The Morgan fingerprint density at radius 3 is 2.67 bits per heavy atom. The van der Waals surface area contributed by atoms with Crippen LogP contribution in [0.4, 0.5) is 0 Å². The summed E-state index contributed by atoms with van der Waals surface area (Å²) in [5.74, 6) is -1.52. The summed E-state index contributed by atoms with van der Waals surface area (Å²) in [6, 6.07) is 1.31. The van der Waals surface area contributed by atoms with Crippen LogP contribution < -0.4 is 4.72 Å². The molecule has 0 saturated carbocycles. The van der Waals surface area contributed by atoms with Gasteiger partial charge in [-0.1, -0.05) is 0 Å². The van der Waals surface area contributed by atoms with E-state index >= 15 is 0 Å². The van der Waals surface area contributed by atoms with E-state index in [9.17, 15) is 18.3 Å². The highest BCUT2D eigenvalue weighted by Crippen LogP contribution is 2.14. The average Bonchev–Trinajstić information content (AvgIpc) is 2.26. The lowest BCUT2D eigenvalue weighted by Gasteiger charge is -2.18. The van der Waals surface area contributed by atoms with Gasteiger partial charge in [0.2, 0.25) is 10.0 Å². The second-order valence-electron chi connectivity index (χ2n) is 3.74. The van der Waals surface area contributed by atoms with Crippen molar-refractivity contribution >= 4 is 31.9 Å². The van der Waals surface area contributed by atoms with Crippen molar-refractivity contribution < 1.29 is 23.4 Å². The maximum atomic E-state index is 11.8. The van der Waals surface area contributed by atoms with Crippen molar-refractivity contribution in [3.63, 3.8) is 0 Å². The molecule has 3 N–H and O–H groups in total. The number of carboxylic acid groups (broad SMARTS) is 1. The number of rotatable bonds is 5. The Labute approximate surface area is 112 Å². The van der Waals surface area contributed by atoms with Gasteiger partial charge in [-0.05, 0) is 28.9 Å². The van der Waals surface area contributed by atoms with Gasteiger partial charge in [0.15, 0.2) is 5.60 Å². The fourth-order valence-corrected chi connectivity index (χ4v) is 2.57. The highest BCUT2D eigenvalue weighted by atomic mass is 79.9. The minimum atomic E-state index is -3.92. The number of aromatic nitrogens is 1. The third kappa shape index (κ3) is 3.73. The highest BCUT2D eigenvalue weighted by Gasteiger charge is 2.31. The van der Waals surface area contributed by atoms with E-state index in [-0.39, 0.29) is 4.90 Å². The number of aliphatic hydroxyl groups is 1. The molecule has 1 aromatic heterocycles. The van der Waals surface area contributed by atoms with Gasteiger partial charge in [-0.25, -0.2) is 17.9 Å². The zero-order chi connectivity index (χ0) is 14.0. The summed E-state index contributed by atoms with van der Waals surface area (Å²) in [6.45, 7) is 0.355. The molecule has 1 heterocycles. The van der Waals surface area contributed by atoms with Gasteiger partial charge in [-0.15, -0.1) is 0 Å². The molecule has 0 amide bonds. The molecule has 0 bridgehead atoms. The third-order valence-corrected chi connectivity index (χ3v) is 3.86. The second kappa shape index (κ2) is 5.31. The average molecular weight is 339 g/mol. The fraction of sp³-hybridized carbons (Fsp3) is 0.333. The molecule has 1 aromatic rings. The summed E-state index contributed by atoms with van der Waals surface area (Å²) >= 11 is 3.07. The lowest BCUT2D eigenvalue weighted by atomic mass is 10.1. The normalized spacial score (nSPS) is 15.1. The van der Waals surface area contributed by atoms with Crippen molar-refractivity contribution in [2.75, 3.05) is 6.54 Å². The molecule has 7 nitrogen and oxygen atoms in total. The lowest BCUT2D eigenvalue weighted by molar-refractivity contribution is -0.155. The van der Waals surface area contributed by atoms with Crippen molar-refractivity contribution in [3.05, 3.63) is 22.9 Å². The topological polar surface area (TPSA) is 117 Å². The molecular formula is C9H11BrN2O5S. The molecule has 0 saturated heterocycles. The van der Waals surface area contributed by atoms with E-state index in [0.29, 0.717) is 4.47 Å². The van der Waals surface area contributed by atoms with Crippen LogP contribution in [0.25, 0.3) is 0 Å². The smallest absolute Gasteiger partial charge is 0.336 e. The van der Waals surface area contributed by atoms with E-state index in [2.05, 4.69) is 20.9 Å². The summed E-state index contributed by atoms with van der Waals surface area (Å²) in [7, 11) is -3.92. The number of sulfonamides is 1. The minimum Gasteiger partial charge on any atom is -0.479 e. The zero-order valence-electron chi connectivity index (χ0n) is 9.29. The van der Waals surface area contributed by atoms with Gasteiger partial charge in [0, 0.05) is 16.9 Å². The number of halogens is 1. The Morgan fingerprint density at radius 1 is 1.56 bits per heavy atom. The fourth-order valence-electron chi connectivity index (χ4n) is 0.934. The van der Waals surface area contributed by atoms with E-state index in [1.54, 1.807) is 0 Å². The molecule has 1 rings (SSSR count). The first-order chi connectivity index (χ1) is 8.15. The van der Waals surface area contributed by atoms with Gasteiger partial charge in [0.05, 0.1) is 6.54 Å². The first-order valence-electron chi connectivity index (χ1n) is 4.71. The zero-order valence-corrected chi connectivity index (χ0v) is 11.7. The monoisotopic (exact) mass is 338 g/mol. The SMILES string of the molecule is CC(O)(CNS(=O)(=O)c1cncc(Br)c1)C(=O)O. The summed E-state index contributed by atoms with van der Waals surface area (Å²) in [4.78, 5) is 14.2. The van der Waals surface area contributed by atoms with Crippen molar-refractivity contribution in [1.29, 1.82) is 0 Å². The number of carbonyl (C=O) groups is 1. The van der Waals surface area contributed by atoms with E-state index < -0.39 is 28.1 Å². The molecule has 1 unspecified atom stereocenters. The molecular weight excluding hydrogens is 328 g/mol. The Kier molecular flexibility index (Phi) is 4.43. The highest BCUT2D eigenvalue weighted by molar-refractivity contribution is 9.10. The van der Waals surface area contributed by atoms with Crippen LogP contribution in [-0.4, -0.2) is 41.7 Å². The van der Waals surface area contributed by atoms with Crippen LogP contribution in [0.1, 0.15) is 6.92 Å². The quantitative estimate of drug-likeness (QED) is 0.693. The van der Waals surface area contributed by atoms with Crippen LogP contribution in [0.3, 0.4) is 0 Å². The number of hydrogen-bond acceptors (Lipinski definition) is 5. The van der Waals surface area contributed by atoms with Crippen molar-refractivity contribution in [2.24, 2.45) is 0 Å². The first kappa shape index (κ1) is 15.0. The standard InChI is InChI=1S/C9H11BrN2O5S/c1-9(15,8(13)14)5-12-18(16,17)7-2-6(10)3-11-4-7/h2-4,12,15H,5H2,1H3,(H,13,14). The Balaban J connectivity index is 2.87. The summed E-state index contributed by atoms with van der Waals surface area (Å²) in [5.41, 5.74) is -2.17. The van der Waals surface area contributed by atoms with Crippen LogP contribution in [-0.2, 0) is 14.8 Å². The van der Waals surface area contributed by atoms with Crippen molar-refractivity contribution in [2.45, 2.75) is 17.4 Å². The van der Waals surface area contributed by atoms with Gasteiger partial charge >= 0.3 is 5.97 Å². The molecule has 0 spiro atoms. The first-order valence-corrected chi connectivity index (χ1v) is 6.99. The van der Waals surface area contributed by atoms with Crippen LogP contribution in [0.15, 0.2) is 27.8 Å². The van der Waals surface area contributed by atoms with Gasteiger partial charge in [0.25, 0.3) is 0 Å². The predicted molar refractivity (Wildman–Crippen MR) is 65.4 cm³/mol. The molecule has 100 valence electrons. The second-order valence-corrected chi connectivity index (χ2v) is 6.43. The largest absolute Gasteiger partial charge is 0.479 e. The molecule has 0 aliphatic rings.